The van der Waals surface area contributed by atoms with Gasteiger partial charge in [0.1, 0.15) is 0 Å². The number of hydrogen-bond acceptors (Lipinski definition) is 3. The third kappa shape index (κ3) is 3.52. The third-order valence-electron chi connectivity index (χ3n) is 4.52. The fraction of sp³-hybridized carbons (Fsp3) is 0.0952. The smallest absolute Gasteiger partial charge is 0.160 e. The van der Waals surface area contributed by atoms with Crippen molar-refractivity contribution in [2.24, 2.45) is 5.73 Å². The number of aromatic nitrogens is 2. The average molecular weight is 397 g/mol. The molecule has 2 aromatic heterocycles. The zero-order valence-corrected chi connectivity index (χ0v) is 16.0. The first-order valence-corrected chi connectivity index (χ1v) is 9.35. The molecule has 0 radical (unpaired) electrons. The maximum atomic E-state index is 6.47. The number of rotatable bonds is 5. The molecule has 0 aliphatic carbocycles. The van der Waals surface area contributed by atoms with Gasteiger partial charge >= 0.3 is 0 Å². The van der Waals surface area contributed by atoms with Gasteiger partial charge in [0, 0.05) is 58.4 Å². The van der Waals surface area contributed by atoms with Gasteiger partial charge in [-0.15, -0.1) is 0 Å². The van der Waals surface area contributed by atoms with E-state index in [9.17, 15) is 0 Å². The Bertz CT molecular complexity index is 1090. The van der Waals surface area contributed by atoms with Crippen LogP contribution in [0.15, 0.2) is 67.1 Å². The van der Waals surface area contributed by atoms with E-state index >= 15 is 0 Å². The highest BCUT2D eigenvalue weighted by Gasteiger charge is 2.17. The number of pyridine rings is 1. The minimum atomic E-state index is 0.356. The SMILES string of the molecule is NCc1c(-c2ccc(Cl)cc2Cl)cn2ccnc2c1NCc1ccccc1. The topological polar surface area (TPSA) is 55.4 Å². The third-order valence-corrected chi connectivity index (χ3v) is 5.07. The Morgan fingerprint density at radius 2 is 1.85 bits per heavy atom. The molecule has 0 spiro atoms. The van der Waals surface area contributed by atoms with Crippen molar-refractivity contribution in [1.29, 1.82) is 0 Å². The standard InChI is InChI=1S/C21H18Cl2N4/c22-15-6-7-16(19(23)10-15)18-13-27-9-8-25-21(27)20(17(18)11-24)26-12-14-4-2-1-3-5-14/h1-10,13,26H,11-12,24H2. The second-order valence-electron chi connectivity index (χ2n) is 6.22. The molecule has 27 heavy (non-hydrogen) atoms. The first-order valence-electron chi connectivity index (χ1n) is 8.59. The molecule has 0 atom stereocenters. The summed E-state index contributed by atoms with van der Waals surface area (Å²) in [4.78, 5) is 4.50. The molecule has 0 saturated heterocycles. The fourth-order valence-electron chi connectivity index (χ4n) is 3.22. The predicted molar refractivity (Wildman–Crippen MR) is 112 cm³/mol. The molecule has 136 valence electrons. The summed E-state index contributed by atoms with van der Waals surface area (Å²) < 4.78 is 1.98. The van der Waals surface area contributed by atoms with Gasteiger partial charge in [-0.25, -0.2) is 4.98 Å². The number of benzene rings is 2. The lowest BCUT2D eigenvalue weighted by molar-refractivity contribution is 1.03. The summed E-state index contributed by atoms with van der Waals surface area (Å²) in [6, 6.07) is 15.7. The number of fused-ring (bicyclic) bond motifs is 1. The summed E-state index contributed by atoms with van der Waals surface area (Å²) in [5, 5.41) is 4.71. The Morgan fingerprint density at radius 3 is 2.59 bits per heavy atom. The van der Waals surface area contributed by atoms with Gasteiger partial charge in [0.15, 0.2) is 5.65 Å². The Balaban J connectivity index is 1.85. The van der Waals surface area contributed by atoms with E-state index in [4.69, 9.17) is 28.9 Å². The molecule has 2 heterocycles. The molecule has 0 unspecified atom stereocenters. The molecule has 0 fully saturated rings. The molecule has 0 aliphatic heterocycles. The van der Waals surface area contributed by atoms with Crippen molar-refractivity contribution in [2.75, 3.05) is 5.32 Å². The van der Waals surface area contributed by atoms with Crippen LogP contribution in [0.5, 0.6) is 0 Å². The summed E-state index contributed by atoms with van der Waals surface area (Å²) >= 11 is 12.5. The minimum Gasteiger partial charge on any atom is -0.378 e. The zero-order chi connectivity index (χ0) is 18.8. The van der Waals surface area contributed by atoms with Gasteiger partial charge in [-0.1, -0.05) is 59.6 Å². The summed E-state index contributed by atoms with van der Waals surface area (Å²) in [5.74, 6) is 0. The maximum Gasteiger partial charge on any atom is 0.160 e. The van der Waals surface area contributed by atoms with Crippen molar-refractivity contribution in [2.45, 2.75) is 13.1 Å². The van der Waals surface area contributed by atoms with Gasteiger partial charge in [-0.2, -0.15) is 0 Å². The summed E-state index contributed by atoms with van der Waals surface area (Å²) in [7, 11) is 0. The van der Waals surface area contributed by atoms with E-state index in [1.807, 2.05) is 47.1 Å². The molecular formula is C21H18Cl2N4. The van der Waals surface area contributed by atoms with Gasteiger partial charge in [0.25, 0.3) is 0 Å². The molecule has 0 aliphatic rings. The van der Waals surface area contributed by atoms with E-state index in [0.29, 0.717) is 23.1 Å². The van der Waals surface area contributed by atoms with Crippen LogP contribution in [0.4, 0.5) is 5.69 Å². The van der Waals surface area contributed by atoms with Crippen molar-refractivity contribution in [3.63, 3.8) is 0 Å². The summed E-state index contributed by atoms with van der Waals surface area (Å²) in [6.45, 7) is 1.03. The first-order chi connectivity index (χ1) is 13.2. The summed E-state index contributed by atoms with van der Waals surface area (Å²) in [6.07, 6.45) is 5.70. The Labute approximate surface area is 167 Å². The Morgan fingerprint density at radius 1 is 1.04 bits per heavy atom. The van der Waals surface area contributed by atoms with Crippen molar-refractivity contribution < 1.29 is 0 Å². The second kappa shape index (κ2) is 7.61. The molecule has 4 rings (SSSR count). The highest BCUT2D eigenvalue weighted by molar-refractivity contribution is 6.36. The molecule has 2 aromatic carbocycles. The maximum absolute atomic E-state index is 6.47. The van der Waals surface area contributed by atoms with Crippen LogP contribution in [0.1, 0.15) is 11.1 Å². The second-order valence-corrected chi connectivity index (χ2v) is 7.07. The number of nitrogens with two attached hydrogens (primary N) is 1. The largest absolute Gasteiger partial charge is 0.378 e. The molecule has 0 bridgehead atoms. The fourth-order valence-corrected chi connectivity index (χ4v) is 3.73. The molecule has 0 saturated carbocycles. The van der Waals surface area contributed by atoms with E-state index < -0.39 is 0 Å². The van der Waals surface area contributed by atoms with Crippen LogP contribution < -0.4 is 11.1 Å². The molecular weight excluding hydrogens is 379 g/mol. The Hall–Kier alpha value is -2.53. The zero-order valence-electron chi connectivity index (χ0n) is 14.5. The number of anilines is 1. The van der Waals surface area contributed by atoms with Gasteiger partial charge in [-0.3, -0.25) is 0 Å². The van der Waals surface area contributed by atoms with E-state index in [-0.39, 0.29) is 0 Å². The van der Waals surface area contributed by atoms with E-state index in [2.05, 4.69) is 22.4 Å². The molecule has 4 aromatic rings. The van der Waals surface area contributed by atoms with Gasteiger partial charge in [0.05, 0.1) is 5.69 Å². The highest BCUT2D eigenvalue weighted by Crippen LogP contribution is 2.37. The first kappa shape index (κ1) is 17.9. The van der Waals surface area contributed by atoms with Crippen molar-refractivity contribution >= 4 is 34.5 Å². The Kier molecular flexibility index (Phi) is 5.03. The normalized spacial score (nSPS) is 11.1. The predicted octanol–water partition coefficient (Wildman–Crippen LogP) is 5.38. The lowest BCUT2D eigenvalue weighted by atomic mass is 10.00. The van der Waals surface area contributed by atoms with E-state index in [1.54, 1.807) is 12.3 Å². The number of hydrogen-bond donors (Lipinski definition) is 2. The lowest BCUT2D eigenvalue weighted by Gasteiger charge is -2.18. The number of halogens is 2. The molecule has 3 N–H and O–H groups in total. The van der Waals surface area contributed by atoms with Crippen LogP contribution in [0.25, 0.3) is 16.8 Å². The quantitative estimate of drug-likeness (QED) is 0.476. The van der Waals surface area contributed by atoms with Gasteiger partial charge < -0.3 is 15.5 Å². The van der Waals surface area contributed by atoms with Gasteiger partial charge in [-0.05, 0) is 17.7 Å². The number of imidazole rings is 1. The van der Waals surface area contributed by atoms with Crippen molar-refractivity contribution in [1.82, 2.24) is 9.38 Å². The number of nitrogens with zero attached hydrogens (tertiary/aromatic N) is 2. The average Bonchev–Trinajstić information content (AvgIpc) is 3.14. The van der Waals surface area contributed by atoms with E-state index in [1.165, 1.54) is 5.56 Å². The summed E-state index contributed by atoms with van der Waals surface area (Å²) in [5.41, 5.74) is 11.9. The van der Waals surface area contributed by atoms with E-state index in [0.717, 1.165) is 28.0 Å². The van der Waals surface area contributed by atoms with Crippen molar-refractivity contribution in [3.8, 4) is 11.1 Å². The van der Waals surface area contributed by atoms with Crippen molar-refractivity contribution in [3.05, 3.63) is 88.3 Å². The van der Waals surface area contributed by atoms with Crippen LogP contribution in [0, 0.1) is 0 Å². The van der Waals surface area contributed by atoms with Crippen LogP contribution in [0.2, 0.25) is 10.0 Å². The monoisotopic (exact) mass is 396 g/mol. The number of nitrogens with one attached hydrogen (secondary N) is 1. The van der Waals surface area contributed by atoms with Crippen LogP contribution in [0.3, 0.4) is 0 Å². The lowest BCUT2D eigenvalue weighted by Crippen LogP contribution is -2.10. The van der Waals surface area contributed by atoms with Gasteiger partial charge in [0.2, 0.25) is 0 Å². The van der Waals surface area contributed by atoms with Crippen LogP contribution in [-0.2, 0) is 13.1 Å². The minimum absolute atomic E-state index is 0.356. The molecule has 4 nitrogen and oxygen atoms in total. The highest BCUT2D eigenvalue weighted by atomic mass is 35.5. The van der Waals surface area contributed by atoms with Crippen LogP contribution in [-0.4, -0.2) is 9.38 Å². The molecule has 6 heteroatoms. The van der Waals surface area contributed by atoms with Crippen LogP contribution >= 0.6 is 23.2 Å². The molecule has 0 amide bonds.